The molecular formula is C33H43FN3O10P. The maximum atomic E-state index is 15.3. The van der Waals surface area contributed by atoms with Crippen molar-refractivity contribution >= 4 is 47.7 Å². The summed E-state index contributed by atoms with van der Waals surface area (Å²) in [5.74, 6) is -0.711. The van der Waals surface area contributed by atoms with Crippen molar-refractivity contribution in [2.75, 3.05) is 20.3 Å². The number of halogens is 1. The van der Waals surface area contributed by atoms with Gasteiger partial charge in [-0.05, 0) is 51.1 Å². The van der Waals surface area contributed by atoms with Crippen molar-refractivity contribution < 1.29 is 47.0 Å². The molecule has 48 heavy (non-hydrogen) atoms. The Hall–Kier alpha value is -4.10. The van der Waals surface area contributed by atoms with Crippen LogP contribution in [0.3, 0.4) is 0 Å². The summed E-state index contributed by atoms with van der Waals surface area (Å²) in [7, 11) is -0.543. The van der Waals surface area contributed by atoms with E-state index in [-0.39, 0.29) is 35.6 Å². The van der Waals surface area contributed by atoms with Crippen LogP contribution in [0.25, 0.3) is 21.8 Å². The van der Waals surface area contributed by atoms with Gasteiger partial charge in [-0.2, -0.15) is 0 Å². The third-order valence-corrected chi connectivity index (χ3v) is 8.56. The van der Waals surface area contributed by atoms with Crippen LogP contribution >= 0.6 is 7.60 Å². The molecule has 2 amide bonds. The predicted octanol–water partition coefficient (Wildman–Crippen LogP) is 4.04. The molecule has 1 fully saturated rings. The number of aliphatic hydroxyl groups is 1. The highest BCUT2D eigenvalue weighted by atomic mass is 31.2. The molecule has 1 aliphatic rings. The van der Waals surface area contributed by atoms with Crippen LogP contribution in [-0.2, 0) is 40.0 Å². The minimum absolute atomic E-state index is 0.00704. The molecule has 0 saturated carbocycles. The lowest BCUT2D eigenvalue weighted by molar-refractivity contribution is -0.151. The minimum Gasteiger partial charge on any atom is -0.463 e. The Morgan fingerprint density at radius 3 is 2.42 bits per heavy atom. The van der Waals surface area contributed by atoms with Crippen molar-refractivity contribution in [3.8, 4) is 5.75 Å². The van der Waals surface area contributed by atoms with Crippen molar-refractivity contribution in [3.05, 3.63) is 65.0 Å². The number of hydrogen-bond donors (Lipinski definition) is 2. The molecule has 0 aliphatic carbocycles. The number of para-hydroxylation sites is 1. The summed E-state index contributed by atoms with van der Waals surface area (Å²) in [5, 5.41) is 13.3. The van der Waals surface area contributed by atoms with Gasteiger partial charge in [0.05, 0.1) is 29.7 Å². The fourth-order valence-electron chi connectivity index (χ4n) is 4.95. The first-order valence-corrected chi connectivity index (χ1v) is 17.2. The molecule has 3 aromatic rings. The van der Waals surface area contributed by atoms with Gasteiger partial charge in [-0.3, -0.25) is 29.0 Å². The highest BCUT2D eigenvalue weighted by molar-refractivity contribution is 7.53. The summed E-state index contributed by atoms with van der Waals surface area (Å²) in [6, 6.07) is 11.9. The summed E-state index contributed by atoms with van der Waals surface area (Å²) in [4.78, 5) is 46.8. The van der Waals surface area contributed by atoms with Crippen LogP contribution in [0.4, 0.5) is 4.39 Å². The first kappa shape index (κ1) is 38.3. The molecule has 262 valence electrons. The smallest absolute Gasteiger partial charge is 0.376 e. The number of nitrogens with one attached hydrogen (secondary N) is 1. The molecule has 3 unspecified atom stereocenters. The lowest BCUT2D eigenvalue weighted by atomic mass is 9.98. The lowest BCUT2D eigenvalue weighted by Crippen LogP contribution is -2.47. The van der Waals surface area contributed by atoms with E-state index in [9.17, 15) is 28.8 Å². The number of hydrogen-bond acceptors (Lipinski definition) is 11. The number of aromatic nitrogens is 1. The molecule has 2 aromatic carbocycles. The summed E-state index contributed by atoms with van der Waals surface area (Å²) >= 11 is 0. The van der Waals surface area contributed by atoms with Crippen LogP contribution in [0.5, 0.6) is 5.75 Å². The van der Waals surface area contributed by atoms with Crippen LogP contribution < -0.4 is 15.3 Å². The fraction of sp³-hybridized carbons (Fsp3) is 0.455. The summed E-state index contributed by atoms with van der Waals surface area (Å²) in [6.07, 6.45) is -1.77. The molecule has 0 spiro atoms. The maximum absolute atomic E-state index is 15.3. The topological polar surface area (TPSA) is 163 Å². The van der Waals surface area contributed by atoms with E-state index < -0.39 is 44.2 Å². The number of nitrogens with zero attached hydrogens (tertiary/aromatic N) is 2. The first-order valence-electron chi connectivity index (χ1n) is 15.2. The zero-order valence-corrected chi connectivity index (χ0v) is 29.1. The van der Waals surface area contributed by atoms with E-state index in [4.69, 9.17) is 18.5 Å². The molecule has 1 saturated heterocycles. The van der Waals surface area contributed by atoms with Gasteiger partial charge in [0.1, 0.15) is 18.0 Å². The molecule has 1 aromatic heterocycles. The Morgan fingerprint density at radius 1 is 1.17 bits per heavy atom. The predicted molar refractivity (Wildman–Crippen MR) is 178 cm³/mol. The lowest BCUT2D eigenvalue weighted by Gasteiger charge is -2.30. The molecule has 2 heterocycles. The minimum atomic E-state index is -3.80. The number of benzene rings is 2. The van der Waals surface area contributed by atoms with Gasteiger partial charge < -0.3 is 28.6 Å². The van der Waals surface area contributed by atoms with Gasteiger partial charge in [0.15, 0.2) is 17.3 Å². The van der Waals surface area contributed by atoms with Crippen molar-refractivity contribution in [1.82, 2.24) is 14.8 Å². The van der Waals surface area contributed by atoms with Crippen LogP contribution in [0.1, 0.15) is 34.6 Å². The summed E-state index contributed by atoms with van der Waals surface area (Å²) in [6.45, 7) is 9.22. The third kappa shape index (κ3) is 9.28. The van der Waals surface area contributed by atoms with E-state index in [1.807, 2.05) is 56.8 Å². The van der Waals surface area contributed by atoms with Crippen LogP contribution in [0, 0.1) is 5.92 Å². The number of pyridine rings is 1. The number of aryl methyl sites for hydroxylation is 1. The molecule has 13 nitrogen and oxygen atoms in total. The van der Waals surface area contributed by atoms with Gasteiger partial charge in [0.25, 0.3) is 5.91 Å². The van der Waals surface area contributed by atoms with E-state index in [0.29, 0.717) is 16.3 Å². The summed E-state index contributed by atoms with van der Waals surface area (Å²) < 4.78 is 51.8. The van der Waals surface area contributed by atoms with Crippen molar-refractivity contribution in [2.45, 2.75) is 64.8 Å². The molecule has 15 heteroatoms. The Labute approximate surface area is 278 Å². The third-order valence-electron chi connectivity index (χ3n) is 7.40. The van der Waals surface area contributed by atoms with Gasteiger partial charge in [0.2, 0.25) is 6.41 Å². The van der Waals surface area contributed by atoms with Crippen molar-refractivity contribution in [1.29, 1.82) is 0 Å². The zero-order chi connectivity index (χ0) is 36.0. The van der Waals surface area contributed by atoms with Gasteiger partial charge in [-0.1, -0.05) is 26.0 Å². The number of rotatable bonds is 11. The second-order valence-electron chi connectivity index (χ2n) is 12.1. The van der Waals surface area contributed by atoms with E-state index in [1.165, 1.54) is 30.9 Å². The monoisotopic (exact) mass is 691 g/mol. The van der Waals surface area contributed by atoms with E-state index >= 15 is 4.39 Å². The standard InChI is InChI=1S/C26H29FN3O8P.C7H14O2/c1-26(27)24(34)21(37-25(26)29(2)12-11-22(32)28-15-31)14-36-39(4,35)38-16-9-10-20-18(13-16)23(33)17-7-5-6-8-19(17)30(20)3;1-5(2)7(8)9-6(3)4/h5-13,15,21,24-25,34H,14H2,1-4H3,(H,28,31,32);5-6H,1-4H3/b12-11-;/t21?,24-,25?,26-,39?;/m1./s1. The molecule has 0 bridgehead atoms. The Bertz CT molecular complexity index is 1770. The number of carbonyl (C=O) groups excluding carboxylic acids is 3. The van der Waals surface area contributed by atoms with Crippen LogP contribution in [0.15, 0.2) is 59.5 Å². The van der Waals surface area contributed by atoms with E-state index in [2.05, 4.69) is 0 Å². The maximum Gasteiger partial charge on any atom is 0.376 e. The van der Waals surface area contributed by atoms with E-state index in [1.54, 1.807) is 24.3 Å². The molecular weight excluding hydrogens is 648 g/mol. The zero-order valence-electron chi connectivity index (χ0n) is 28.2. The number of amides is 2. The van der Waals surface area contributed by atoms with Gasteiger partial charge in [-0.15, -0.1) is 0 Å². The van der Waals surface area contributed by atoms with Crippen molar-refractivity contribution in [3.63, 3.8) is 0 Å². The highest BCUT2D eigenvalue weighted by Gasteiger charge is 2.55. The Morgan fingerprint density at radius 2 is 1.81 bits per heavy atom. The van der Waals surface area contributed by atoms with Gasteiger partial charge in [0, 0.05) is 43.8 Å². The molecule has 2 N–H and O–H groups in total. The average Bonchev–Trinajstić information content (AvgIpc) is 3.25. The van der Waals surface area contributed by atoms with Crippen LogP contribution in [-0.4, -0.2) is 83.4 Å². The number of esters is 1. The van der Waals surface area contributed by atoms with Gasteiger partial charge >= 0.3 is 13.6 Å². The molecule has 5 atom stereocenters. The number of aliphatic hydroxyl groups excluding tert-OH is 1. The van der Waals surface area contributed by atoms with E-state index in [0.717, 1.165) is 18.5 Å². The highest BCUT2D eigenvalue weighted by Crippen LogP contribution is 2.46. The number of carbonyl (C=O) groups is 3. The molecule has 0 radical (unpaired) electrons. The summed E-state index contributed by atoms with van der Waals surface area (Å²) in [5.41, 5.74) is -1.05. The van der Waals surface area contributed by atoms with Crippen LogP contribution in [0.2, 0.25) is 0 Å². The molecule has 4 rings (SSSR count). The van der Waals surface area contributed by atoms with Gasteiger partial charge in [-0.25, -0.2) is 8.96 Å². The fourth-order valence-corrected chi connectivity index (χ4v) is 5.92. The SMILES string of the molecule is CC(C)OC(=O)C(C)C.CN(/C=C\C(=O)NC=O)C1OC(COP(C)(=O)Oc2ccc3c(c2)c(=O)c2ccccc2n3C)[C@@H](O)[C@@]1(C)F. The Balaban J connectivity index is 0.000000609. The second-order valence-corrected chi connectivity index (χ2v) is 14.1. The quantitative estimate of drug-likeness (QED) is 0.0982. The normalized spacial score (nSPS) is 22.0. The largest absolute Gasteiger partial charge is 0.463 e. The molecule has 1 aliphatic heterocycles. The average molecular weight is 692 g/mol. The number of alkyl halides is 1. The van der Waals surface area contributed by atoms with Crippen molar-refractivity contribution in [2.24, 2.45) is 13.0 Å². The number of imide groups is 1. The Kier molecular flexibility index (Phi) is 12.7. The number of fused-ring (bicyclic) bond motifs is 2. The first-order chi connectivity index (χ1) is 22.4. The number of ether oxygens (including phenoxy) is 2. The second kappa shape index (κ2) is 15.9.